The average molecular weight is 290 g/mol. The molecule has 2 rings (SSSR count). The number of pyridine rings is 1. The molecule has 0 spiro atoms. The van der Waals surface area contributed by atoms with Crippen LogP contribution in [0.25, 0.3) is 0 Å². The fourth-order valence-corrected chi connectivity index (χ4v) is 2.90. The van der Waals surface area contributed by atoms with Gasteiger partial charge in [0.25, 0.3) is 0 Å². The number of carbonyl (C=O) groups is 1. The Bertz CT molecular complexity index is 451. The first kappa shape index (κ1) is 15.9. The minimum absolute atomic E-state index is 0.0471. The Morgan fingerprint density at radius 2 is 2.05 bits per heavy atom. The van der Waals surface area contributed by atoms with Gasteiger partial charge in [-0.2, -0.15) is 0 Å². The van der Waals surface area contributed by atoms with E-state index in [0.717, 1.165) is 32.7 Å². The summed E-state index contributed by atoms with van der Waals surface area (Å²) in [5.74, 6) is 0.0471. The molecule has 1 saturated heterocycles. The van der Waals surface area contributed by atoms with E-state index in [1.807, 2.05) is 18.5 Å². The molecule has 1 aromatic rings. The normalized spacial score (nSPS) is 24.0. The number of amides is 1. The summed E-state index contributed by atoms with van der Waals surface area (Å²) in [6.45, 7) is 10.8. The van der Waals surface area contributed by atoms with E-state index in [1.165, 1.54) is 5.56 Å². The molecule has 0 radical (unpaired) electrons. The largest absolute Gasteiger partial charge is 0.355 e. The topological polar surface area (TPSA) is 48.5 Å². The first-order chi connectivity index (χ1) is 10.1. The molecular weight excluding hydrogens is 264 g/mol. The Kier molecular flexibility index (Phi) is 5.70. The molecule has 1 unspecified atom stereocenters. The van der Waals surface area contributed by atoms with Crippen molar-refractivity contribution < 1.29 is 4.79 Å². The highest BCUT2D eigenvalue weighted by Gasteiger charge is 2.28. The number of hydrogen-bond donors (Lipinski definition) is 1. The zero-order chi connectivity index (χ0) is 15.2. The summed E-state index contributed by atoms with van der Waals surface area (Å²) in [7, 11) is 0. The zero-order valence-corrected chi connectivity index (χ0v) is 13.2. The molecule has 1 aromatic heterocycles. The van der Waals surface area contributed by atoms with Gasteiger partial charge >= 0.3 is 0 Å². The predicted molar refractivity (Wildman–Crippen MR) is 83.8 cm³/mol. The van der Waals surface area contributed by atoms with E-state index >= 15 is 0 Å². The predicted octanol–water partition coefficient (Wildman–Crippen LogP) is 1.11. The van der Waals surface area contributed by atoms with Gasteiger partial charge in [-0.3, -0.25) is 19.6 Å². The van der Waals surface area contributed by atoms with Crippen LogP contribution in [0, 0.1) is 0 Å². The quantitative estimate of drug-likeness (QED) is 0.882. The minimum Gasteiger partial charge on any atom is -0.355 e. The first-order valence-electron chi connectivity index (χ1n) is 7.67. The Morgan fingerprint density at radius 1 is 1.33 bits per heavy atom. The third kappa shape index (κ3) is 4.79. The van der Waals surface area contributed by atoms with E-state index in [9.17, 15) is 4.79 Å². The van der Waals surface area contributed by atoms with E-state index in [1.54, 1.807) is 6.92 Å². The molecule has 5 nitrogen and oxygen atoms in total. The van der Waals surface area contributed by atoms with Gasteiger partial charge in [-0.1, -0.05) is 6.07 Å². The van der Waals surface area contributed by atoms with Crippen LogP contribution in [0.1, 0.15) is 26.3 Å². The summed E-state index contributed by atoms with van der Waals surface area (Å²) < 4.78 is 0. The summed E-state index contributed by atoms with van der Waals surface area (Å²) in [6.07, 6.45) is 3.76. The number of rotatable bonds is 5. The first-order valence-corrected chi connectivity index (χ1v) is 7.67. The lowest BCUT2D eigenvalue weighted by Crippen LogP contribution is -2.57. The molecule has 0 saturated carbocycles. The van der Waals surface area contributed by atoms with Crippen molar-refractivity contribution in [3.8, 4) is 0 Å². The molecule has 116 valence electrons. The molecule has 5 heteroatoms. The van der Waals surface area contributed by atoms with E-state index < -0.39 is 0 Å². The number of aromatic nitrogens is 1. The maximum absolute atomic E-state index is 10.9. The fourth-order valence-electron chi connectivity index (χ4n) is 2.90. The third-order valence-electron chi connectivity index (χ3n) is 4.13. The second kappa shape index (κ2) is 7.52. The van der Waals surface area contributed by atoms with Crippen LogP contribution in [0.15, 0.2) is 24.5 Å². The SMILES string of the molecule is CC(=O)NCCN1CC(C)N(Cc2cccnc2)C[C@@H]1C. The molecular formula is C16H26N4O. The van der Waals surface area contributed by atoms with Crippen LogP contribution in [-0.4, -0.2) is 59.0 Å². The second-order valence-corrected chi connectivity index (χ2v) is 5.97. The molecule has 1 amide bonds. The van der Waals surface area contributed by atoms with E-state index in [4.69, 9.17) is 0 Å². The summed E-state index contributed by atoms with van der Waals surface area (Å²) in [5, 5.41) is 2.88. The number of carbonyl (C=O) groups excluding carboxylic acids is 1. The summed E-state index contributed by atoms with van der Waals surface area (Å²) >= 11 is 0. The van der Waals surface area contributed by atoms with Crippen molar-refractivity contribution in [2.45, 2.75) is 39.4 Å². The fraction of sp³-hybridized carbons (Fsp3) is 0.625. The molecule has 1 aliphatic heterocycles. The Hall–Kier alpha value is -1.46. The van der Waals surface area contributed by atoms with Crippen LogP contribution in [0.3, 0.4) is 0 Å². The zero-order valence-electron chi connectivity index (χ0n) is 13.2. The van der Waals surface area contributed by atoms with Gasteiger partial charge in [0.1, 0.15) is 0 Å². The molecule has 1 N–H and O–H groups in total. The summed E-state index contributed by atoms with van der Waals surface area (Å²) in [6, 6.07) is 5.14. The van der Waals surface area contributed by atoms with Crippen LogP contribution in [0.5, 0.6) is 0 Å². The van der Waals surface area contributed by atoms with Gasteiger partial charge < -0.3 is 5.32 Å². The van der Waals surface area contributed by atoms with Gasteiger partial charge in [0.2, 0.25) is 5.91 Å². The molecule has 2 heterocycles. The van der Waals surface area contributed by atoms with Crippen LogP contribution in [0.4, 0.5) is 0 Å². The van der Waals surface area contributed by atoms with Gasteiger partial charge in [-0.25, -0.2) is 0 Å². The molecule has 0 aromatic carbocycles. The summed E-state index contributed by atoms with van der Waals surface area (Å²) in [5.41, 5.74) is 1.27. The summed E-state index contributed by atoms with van der Waals surface area (Å²) in [4.78, 5) is 20.1. The van der Waals surface area contributed by atoms with E-state index in [2.05, 4.69) is 40.0 Å². The monoisotopic (exact) mass is 290 g/mol. The van der Waals surface area contributed by atoms with Gasteiger partial charge in [0.15, 0.2) is 0 Å². The van der Waals surface area contributed by atoms with Crippen molar-refractivity contribution in [3.63, 3.8) is 0 Å². The highest BCUT2D eigenvalue weighted by Crippen LogP contribution is 2.17. The van der Waals surface area contributed by atoms with Crippen molar-refractivity contribution in [2.75, 3.05) is 26.2 Å². The Labute approximate surface area is 127 Å². The highest BCUT2D eigenvalue weighted by molar-refractivity contribution is 5.72. The second-order valence-electron chi connectivity index (χ2n) is 5.97. The average Bonchev–Trinajstić information content (AvgIpc) is 2.45. The lowest BCUT2D eigenvalue weighted by molar-refractivity contribution is -0.119. The number of nitrogens with one attached hydrogen (secondary N) is 1. The van der Waals surface area contributed by atoms with Crippen LogP contribution >= 0.6 is 0 Å². The molecule has 0 aliphatic carbocycles. The van der Waals surface area contributed by atoms with Crippen molar-refractivity contribution in [1.82, 2.24) is 20.1 Å². The van der Waals surface area contributed by atoms with Crippen LogP contribution in [-0.2, 0) is 11.3 Å². The minimum atomic E-state index is 0.0471. The Balaban J connectivity index is 1.85. The lowest BCUT2D eigenvalue weighted by Gasteiger charge is -2.44. The lowest BCUT2D eigenvalue weighted by atomic mass is 10.1. The van der Waals surface area contributed by atoms with Crippen molar-refractivity contribution in [3.05, 3.63) is 30.1 Å². The molecule has 0 bridgehead atoms. The van der Waals surface area contributed by atoms with Gasteiger partial charge in [0.05, 0.1) is 0 Å². The smallest absolute Gasteiger partial charge is 0.216 e. The standard InChI is InChI=1S/C16H26N4O/c1-13-11-20(12-16-5-4-6-17-9-16)14(2)10-19(13)8-7-18-15(3)21/h4-6,9,13-14H,7-8,10-12H2,1-3H3,(H,18,21)/t13-,14?/m0/s1. The number of piperazine rings is 1. The van der Waals surface area contributed by atoms with Crippen LogP contribution in [0.2, 0.25) is 0 Å². The third-order valence-corrected chi connectivity index (χ3v) is 4.13. The molecule has 1 aliphatic rings. The molecule has 2 atom stereocenters. The highest BCUT2D eigenvalue weighted by atomic mass is 16.1. The van der Waals surface area contributed by atoms with Crippen molar-refractivity contribution >= 4 is 5.91 Å². The van der Waals surface area contributed by atoms with Crippen LogP contribution < -0.4 is 5.32 Å². The van der Waals surface area contributed by atoms with Crippen molar-refractivity contribution in [2.24, 2.45) is 0 Å². The molecule has 1 fully saturated rings. The van der Waals surface area contributed by atoms with Gasteiger partial charge in [0, 0.05) is 64.1 Å². The number of hydrogen-bond acceptors (Lipinski definition) is 4. The Morgan fingerprint density at radius 3 is 2.71 bits per heavy atom. The van der Waals surface area contributed by atoms with E-state index in [-0.39, 0.29) is 5.91 Å². The van der Waals surface area contributed by atoms with E-state index in [0.29, 0.717) is 12.1 Å². The maximum atomic E-state index is 10.9. The van der Waals surface area contributed by atoms with Crippen molar-refractivity contribution in [1.29, 1.82) is 0 Å². The molecule has 21 heavy (non-hydrogen) atoms. The van der Waals surface area contributed by atoms with Gasteiger partial charge in [-0.05, 0) is 25.5 Å². The van der Waals surface area contributed by atoms with Gasteiger partial charge in [-0.15, -0.1) is 0 Å². The number of nitrogens with zero attached hydrogens (tertiary/aromatic N) is 3. The maximum Gasteiger partial charge on any atom is 0.216 e.